The molecule has 11 heavy (non-hydrogen) atoms. The zero-order valence-electron chi connectivity index (χ0n) is 5.90. The summed E-state index contributed by atoms with van der Waals surface area (Å²) in [4.78, 5) is 9.65. The average Bonchev–Trinajstić information content (AvgIpc) is 1.94. The number of rotatable bonds is 1. The molecule has 58 valence electrons. The lowest BCUT2D eigenvalue weighted by Gasteiger charge is -2.07. The van der Waals surface area contributed by atoms with Crippen LogP contribution in [-0.4, -0.2) is 4.92 Å². The Morgan fingerprint density at radius 2 is 2.09 bits per heavy atom. The maximum Gasteiger partial charge on any atom is 0.269 e. The molecular weight excluding hydrogens is 146 g/mol. The number of non-ortho nitro benzene ring substituents is 1. The van der Waals surface area contributed by atoms with E-state index in [1.807, 2.05) is 0 Å². The van der Waals surface area contributed by atoms with Crippen molar-refractivity contribution in [3.63, 3.8) is 0 Å². The Morgan fingerprint density at radius 3 is 2.55 bits per heavy atom. The van der Waals surface area contributed by atoms with Gasteiger partial charge in [0.05, 0.1) is 4.92 Å². The maximum absolute atomic E-state index is 10.8. The van der Waals surface area contributed by atoms with Crippen molar-refractivity contribution in [3.8, 4) is 5.75 Å². The first-order chi connectivity index (χ1) is 5.11. The van der Waals surface area contributed by atoms with Gasteiger partial charge in [-0.05, 0) is 6.92 Å². The Balaban J connectivity index is 3.15. The summed E-state index contributed by atoms with van der Waals surface area (Å²) in [5.41, 5.74) is 0.362. The van der Waals surface area contributed by atoms with Crippen molar-refractivity contribution in [1.29, 1.82) is 0 Å². The van der Waals surface area contributed by atoms with Gasteiger partial charge in [-0.1, -0.05) is 11.6 Å². The van der Waals surface area contributed by atoms with Gasteiger partial charge in [0.2, 0.25) is 0 Å². The van der Waals surface area contributed by atoms with Crippen LogP contribution in [0, 0.1) is 17.0 Å². The highest BCUT2D eigenvalue weighted by atomic mass is 16.6. The molecule has 0 amide bonds. The van der Waals surface area contributed by atoms with Gasteiger partial charge in [0.1, 0.15) is 0 Å². The van der Waals surface area contributed by atoms with E-state index in [1.165, 1.54) is 18.2 Å². The number of benzene rings is 1. The molecule has 1 aromatic carbocycles. The molecule has 0 N–H and O–H groups in total. The fourth-order valence-electron chi connectivity index (χ4n) is 0.747. The minimum absolute atomic E-state index is 0.0397. The number of hydrogen-bond donors (Lipinski definition) is 0. The van der Waals surface area contributed by atoms with Crippen molar-refractivity contribution in [3.05, 3.63) is 33.9 Å². The summed E-state index contributed by atoms with van der Waals surface area (Å²) in [6, 6.07) is 3.67. The third-order valence-electron chi connectivity index (χ3n) is 1.37. The summed E-state index contributed by atoms with van der Waals surface area (Å²) in [5, 5.41) is 20.9. The van der Waals surface area contributed by atoms with Gasteiger partial charge in [0, 0.05) is 12.1 Å². The summed E-state index contributed by atoms with van der Waals surface area (Å²) in [6.45, 7) is 1.55. The van der Waals surface area contributed by atoms with Crippen LogP contribution in [-0.2, 0) is 0 Å². The molecule has 4 nitrogen and oxygen atoms in total. The van der Waals surface area contributed by atoms with Crippen molar-refractivity contribution in [2.45, 2.75) is 6.92 Å². The first-order valence-corrected chi connectivity index (χ1v) is 3.03. The van der Waals surface area contributed by atoms with Crippen LogP contribution in [0.3, 0.4) is 0 Å². The van der Waals surface area contributed by atoms with Gasteiger partial charge in [0.15, 0.2) is 0 Å². The largest absolute Gasteiger partial charge is 0.872 e. The molecular formula is C7H6NO3-. The lowest BCUT2D eigenvalue weighted by atomic mass is 10.2. The lowest BCUT2D eigenvalue weighted by Crippen LogP contribution is -1.94. The third kappa shape index (κ3) is 1.46. The SMILES string of the molecule is Cc1cc([N+](=O)[O-])ccc1[O-]. The fraction of sp³-hybridized carbons (Fsp3) is 0.143. The molecule has 0 aliphatic rings. The Bertz CT molecular complexity index is 296. The van der Waals surface area contributed by atoms with Gasteiger partial charge < -0.3 is 5.11 Å². The van der Waals surface area contributed by atoms with Gasteiger partial charge in [0.25, 0.3) is 5.69 Å². The van der Waals surface area contributed by atoms with Crippen LogP contribution in [0.5, 0.6) is 5.75 Å². The zero-order chi connectivity index (χ0) is 8.43. The highest BCUT2D eigenvalue weighted by Gasteiger charge is 2.02. The topological polar surface area (TPSA) is 66.2 Å². The molecule has 1 aromatic rings. The Labute approximate surface area is 63.2 Å². The van der Waals surface area contributed by atoms with Crippen LogP contribution in [0.1, 0.15) is 5.56 Å². The standard InChI is InChI=1S/C7H7NO3/c1-5-4-6(8(10)11)2-3-7(5)9/h2-4,9H,1H3/p-1. The van der Waals surface area contributed by atoms with E-state index in [0.717, 1.165) is 0 Å². The summed E-state index contributed by atoms with van der Waals surface area (Å²) >= 11 is 0. The average molecular weight is 152 g/mol. The first kappa shape index (κ1) is 7.53. The monoisotopic (exact) mass is 152 g/mol. The van der Waals surface area contributed by atoms with Crippen LogP contribution in [0.2, 0.25) is 0 Å². The number of nitro groups is 1. The second kappa shape index (κ2) is 2.57. The molecule has 1 rings (SSSR count). The highest BCUT2D eigenvalue weighted by Crippen LogP contribution is 2.18. The van der Waals surface area contributed by atoms with E-state index in [1.54, 1.807) is 6.92 Å². The number of aryl methyl sites for hydroxylation is 1. The van der Waals surface area contributed by atoms with Gasteiger partial charge in [-0.15, -0.1) is 5.75 Å². The Kier molecular flexibility index (Phi) is 1.76. The van der Waals surface area contributed by atoms with Crippen molar-refractivity contribution in [1.82, 2.24) is 0 Å². The number of hydrogen-bond acceptors (Lipinski definition) is 3. The Hall–Kier alpha value is -1.58. The minimum Gasteiger partial charge on any atom is -0.872 e. The van der Waals surface area contributed by atoms with Crippen LogP contribution in [0.15, 0.2) is 18.2 Å². The van der Waals surface area contributed by atoms with E-state index in [4.69, 9.17) is 0 Å². The molecule has 0 unspecified atom stereocenters. The molecule has 0 saturated carbocycles. The van der Waals surface area contributed by atoms with E-state index in [-0.39, 0.29) is 11.4 Å². The van der Waals surface area contributed by atoms with E-state index < -0.39 is 4.92 Å². The molecule has 0 bridgehead atoms. The molecule has 0 saturated heterocycles. The number of nitrogens with zero attached hydrogens (tertiary/aromatic N) is 1. The molecule has 0 radical (unpaired) electrons. The van der Waals surface area contributed by atoms with E-state index >= 15 is 0 Å². The summed E-state index contributed by atoms with van der Waals surface area (Å²) in [7, 11) is 0. The molecule has 0 spiro atoms. The van der Waals surface area contributed by atoms with Crippen LogP contribution < -0.4 is 5.11 Å². The molecule has 0 fully saturated rings. The van der Waals surface area contributed by atoms with Crippen molar-refractivity contribution >= 4 is 5.69 Å². The first-order valence-electron chi connectivity index (χ1n) is 3.03. The minimum atomic E-state index is -0.521. The molecule has 0 atom stereocenters. The number of nitro benzene ring substituents is 1. The second-order valence-corrected chi connectivity index (χ2v) is 2.21. The Morgan fingerprint density at radius 1 is 1.45 bits per heavy atom. The predicted molar refractivity (Wildman–Crippen MR) is 37.3 cm³/mol. The lowest BCUT2D eigenvalue weighted by molar-refractivity contribution is -0.385. The smallest absolute Gasteiger partial charge is 0.269 e. The quantitative estimate of drug-likeness (QED) is 0.445. The molecule has 0 aliphatic heterocycles. The molecule has 4 heteroatoms. The second-order valence-electron chi connectivity index (χ2n) is 2.21. The van der Waals surface area contributed by atoms with E-state index in [0.29, 0.717) is 5.56 Å². The zero-order valence-corrected chi connectivity index (χ0v) is 5.90. The van der Waals surface area contributed by atoms with E-state index in [9.17, 15) is 15.2 Å². The fourth-order valence-corrected chi connectivity index (χ4v) is 0.747. The van der Waals surface area contributed by atoms with Crippen LogP contribution in [0.25, 0.3) is 0 Å². The van der Waals surface area contributed by atoms with Gasteiger partial charge in [-0.3, -0.25) is 10.1 Å². The van der Waals surface area contributed by atoms with Gasteiger partial charge in [-0.25, -0.2) is 0 Å². The van der Waals surface area contributed by atoms with Crippen molar-refractivity contribution in [2.75, 3.05) is 0 Å². The van der Waals surface area contributed by atoms with Crippen molar-refractivity contribution in [2.24, 2.45) is 0 Å². The molecule has 0 aromatic heterocycles. The summed E-state index contributed by atoms with van der Waals surface area (Å²) in [5.74, 6) is -0.171. The summed E-state index contributed by atoms with van der Waals surface area (Å²) in [6.07, 6.45) is 0. The molecule has 0 heterocycles. The third-order valence-corrected chi connectivity index (χ3v) is 1.37. The van der Waals surface area contributed by atoms with Crippen molar-refractivity contribution < 1.29 is 10.0 Å². The normalized spacial score (nSPS) is 9.55. The summed E-state index contributed by atoms with van der Waals surface area (Å²) < 4.78 is 0. The highest BCUT2D eigenvalue weighted by molar-refractivity contribution is 5.41. The van der Waals surface area contributed by atoms with E-state index in [2.05, 4.69) is 0 Å². The molecule has 0 aliphatic carbocycles. The van der Waals surface area contributed by atoms with Gasteiger partial charge in [-0.2, -0.15) is 0 Å². The van der Waals surface area contributed by atoms with Crippen LogP contribution >= 0.6 is 0 Å². The maximum atomic E-state index is 10.8. The van der Waals surface area contributed by atoms with Gasteiger partial charge >= 0.3 is 0 Å². The predicted octanol–water partition coefficient (Wildman–Crippen LogP) is 0.977. The van der Waals surface area contributed by atoms with Crippen LogP contribution in [0.4, 0.5) is 5.69 Å².